The fourth-order valence-electron chi connectivity index (χ4n) is 3.39. The van der Waals surface area contributed by atoms with Crippen LogP contribution in [0.3, 0.4) is 0 Å². The Morgan fingerprint density at radius 2 is 1.79 bits per heavy atom. The summed E-state index contributed by atoms with van der Waals surface area (Å²) in [6.07, 6.45) is 1.00. The van der Waals surface area contributed by atoms with Crippen LogP contribution in [0.4, 0.5) is 5.69 Å². The van der Waals surface area contributed by atoms with E-state index < -0.39 is 28.5 Å². The number of benzene rings is 2. The van der Waals surface area contributed by atoms with E-state index in [4.69, 9.17) is 32.7 Å². The average Bonchev–Trinajstić information content (AvgIpc) is 3.24. The van der Waals surface area contributed by atoms with E-state index in [1.807, 2.05) is 0 Å². The number of fused-ring (bicyclic) bond motifs is 1. The van der Waals surface area contributed by atoms with Crippen molar-refractivity contribution in [1.29, 1.82) is 0 Å². The predicted molar refractivity (Wildman–Crippen MR) is 130 cm³/mol. The number of halogens is 2. The standard InChI is InChI=1S/C22H25Cl2N3O6S/c1-4-25-22(29)14(2)26(11-15-5-7-17(23)18(24)9-15)21(28)12-27(34(3,30)31)16-6-8-19-20(10-16)33-13-32-19/h5-10,14H,4,11-13H2,1-3H3,(H,25,29)/t14-/m0/s1. The molecule has 9 nitrogen and oxygen atoms in total. The smallest absolute Gasteiger partial charge is 0.244 e. The van der Waals surface area contributed by atoms with Gasteiger partial charge in [0.15, 0.2) is 11.5 Å². The third kappa shape index (κ3) is 6.05. The number of amides is 2. The second-order valence-electron chi connectivity index (χ2n) is 7.65. The summed E-state index contributed by atoms with van der Waals surface area (Å²) < 4.78 is 36.8. The van der Waals surface area contributed by atoms with Gasteiger partial charge in [0.1, 0.15) is 12.6 Å². The molecule has 3 rings (SSSR count). The van der Waals surface area contributed by atoms with Gasteiger partial charge in [-0.15, -0.1) is 0 Å². The predicted octanol–water partition coefficient (Wildman–Crippen LogP) is 3.04. The molecule has 0 fully saturated rings. The van der Waals surface area contributed by atoms with Crippen molar-refractivity contribution in [3.8, 4) is 11.5 Å². The van der Waals surface area contributed by atoms with E-state index in [1.165, 1.54) is 17.0 Å². The summed E-state index contributed by atoms with van der Waals surface area (Å²) in [5, 5.41) is 3.34. The van der Waals surface area contributed by atoms with E-state index in [9.17, 15) is 18.0 Å². The molecule has 1 N–H and O–H groups in total. The van der Waals surface area contributed by atoms with E-state index in [0.717, 1.165) is 10.6 Å². The molecule has 1 atom stereocenters. The maximum Gasteiger partial charge on any atom is 0.244 e. The minimum atomic E-state index is -3.85. The largest absolute Gasteiger partial charge is 0.454 e. The summed E-state index contributed by atoms with van der Waals surface area (Å²) in [5.74, 6) is -0.0885. The third-order valence-corrected chi connectivity index (χ3v) is 7.06. The molecule has 2 aromatic rings. The van der Waals surface area contributed by atoms with Crippen LogP contribution in [0.25, 0.3) is 0 Å². The number of carbonyl (C=O) groups is 2. The van der Waals surface area contributed by atoms with Crippen LogP contribution in [-0.4, -0.2) is 57.3 Å². The van der Waals surface area contributed by atoms with Crippen molar-refractivity contribution >= 4 is 50.7 Å². The number of likely N-dealkylation sites (N-methyl/N-ethyl adjacent to an activating group) is 1. The first-order valence-corrected chi connectivity index (χ1v) is 13.0. The van der Waals surface area contributed by atoms with Crippen molar-refractivity contribution in [2.45, 2.75) is 26.4 Å². The zero-order valence-corrected chi connectivity index (χ0v) is 21.2. The first kappa shape index (κ1) is 25.9. The number of hydrogen-bond donors (Lipinski definition) is 1. The molecule has 0 saturated heterocycles. The quantitative estimate of drug-likeness (QED) is 0.535. The number of nitrogens with one attached hydrogen (secondary N) is 1. The van der Waals surface area contributed by atoms with Crippen molar-refractivity contribution < 1.29 is 27.5 Å². The highest BCUT2D eigenvalue weighted by atomic mass is 35.5. The van der Waals surface area contributed by atoms with Gasteiger partial charge in [-0.2, -0.15) is 0 Å². The van der Waals surface area contributed by atoms with Gasteiger partial charge in [0.2, 0.25) is 28.6 Å². The van der Waals surface area contributed by atoms with Gasteiger partial charge in [-0.3, -0.25) is 13.9 Å². The fraction of sp³-hybridized carbons (Fsp3) is 0.364. The molecule has 0 unspecified atom stereocenters. The van der Waals surface area contributed by atoms with Crippen LogP contribution in [0.2, 0.25) is 10.0 Å². The van der Waals surface area contributed by atoms with Gasteiger partial charge in [0.25, 0.3) is 0 Å². The van der Waals surface area contributed by atoms with Crippen LogP contribution >= 0.6 is 23.2 Å². The maximum atomic E-state index is 13.4. The van der Waals surface area contributed by atoms with Crippen LogP contribution in [0.1, 0.15) is 19.4 Å². The molecule has 2 amide bonds. The third-order valence-electron chi connectivity index (χ3n) is 5.18. The van der Waals surface area contributed by atoms with Crippen LogP contribution in [0.5, 0.6) is 11.5 Å². The topological polar surface area (TPSA) is 105 Å². The molecule has 0 aliphatic carbocycles. The van der Waals surface area contributed by atoms with Crippen LogP contribution in [-0.2, 0) is 26.2 Å². The van der Waals surface area contributed by atoms with Gasteiger partial charge in [-0.1, -0.05) is 29.3 Å². The molecule has 1 aliphatic heterocycles. The zero-order valence-electron chi connectivity index (χ0n) is 18.9. The lowest BCUT2D eigenvalue weighted by Gasteiger charge is -2.31. The molecule has 0 aromatic heterocycles. The molecule has 34 heavy (non-hydrogen) atoms. The lowest BCUT2D eigenvalue weighted by Crippen LogP contribution is -2.51. The molecule has 2 aromatic carbocycles. The number of hydrogen-bond acceptors (Lipinski definition) is 6. The SMILES string of the molecule is CCNC(=O)[C@H](C)N(Cc1ccc(Cl)c(Cl)c1)C(=O)CN(c1ccc2c(c1)OCO2)S(C)(=O)=O. The van der Waals surface area contributed by atoms with Crippen molar-refractivity contribution in [2.75, 3.05) is 30.4 Å². The normalized spacial score (nSPS) is 13.3. The summed E-state index contributed by atoms with van der Waals surface area (Å²) in [6, 6.07) is 8.59. The van der Waals surface area contributed by atoms with Crippen LogP contribution in [0, 0.1) is 0 Å². The maximum absolute atomic E-state index is 13.4. The lowest BCUT2D eigenvalue weighted by molar-refractivity contribution is -0.139. The summed E-state index contributed by atoms with van der Waals surface area (Å²) in [4.78, 5) is 27.3. The molecule has 0 bridgehead atoms. The Hall–Kier alpha value is -2.69. The Labute approximate surface area is 208 Å². The highest BCUT2D eigenvalue weighted by Gasteiger charge is 2.30. The highest BCUT2D eigenvalue weighted by molar-refractivity contribution is 7.92. The number of nitrogens with zero attached hydrogens (tertiary/aromatic N) is 2. The molecule has 1 heterocycles. The van der Waals surface area contributed by atoms with E-state index in [0.29, 0.717) is 33.7 Å². The molecular weight excluding hydrogens is 505 g/mol. The van der Waals surface area contributed by atoms with Crippen molar-refractivity contribution in [3.63, 3.8) is 0 Å². The zero-order chi connectivity index (χ0) is 25.0. The van der Waals surface area contributed by atoms with Gasteiger partial charge >= 0.3 is 0 Å². The van der Waals surface area contributed by atoms with E-state index in [2.05, 4.69) is 5.32 Å². The summed E-state index contributed by atoms with van der Waals surface area (Å²) in [7, 11) is -3.85. The van der Waals surface area contributed by atoms with Gasteiger partial charge < -0.3 is 19.7 Å². The summed E-state index contributed by atoms with van der Waals surface area (Å²) >= 11 is 12.1. The number of carbonyl (C=O) groups excluding carboxylic acids is 2. The van der Waals surface area contributed by atoms with Gasteiger partial charge in [0, 0.05) is 19.2 Å². The minimum Gasteiger partial charge on any atom is -0.454 e. The molecule has 0 saturated carbocycles. The lowest BCUT2D eigenvalue weighted by atomic mass is 10.1. The molecule has 1 aliphatic rings. The Morgan fingerprint density at radius 3 is 2.44 bits per heavy atom. The average molecular weight is 530 g/mol. The van der Waals surface area contributed by atoms with Gasteiger partial charge in [0.05, 0.1) is 22.0 Å². The molecule has 0 spiro atoms. The Kier molecular flexibility index (Phi) is 8.17. The molecule has 184 valence electrons. The fourth-order valence-corrected chi connectivity index (χ4v) is 4.56. The monoisotopic (exact) mass is 529 g/mol. The highest BCUT2D eigenvalue weighted by Crippen LogP contribution is 2.36. The Bertz CT molecular complexity index is 1190. The van der Waals surface area contributed by atoms with Crippen LogP contribution in [0.15, 0.2) is 36.4 Å². The van der Waals surface area contributed by atoms with Crippen molar-refractivity contribution in [3.05, 3.63) is 52.0 Å². The molecular formula is C22H25Cl2N3O6S. The Morgan fingerprint density at radius 1 is 1.09 bits per heavy atom. The molecule has 12 heteroatoms. The molecule has 0 radical (unpaired) electrons. The van der Waals surface area contributed by atoms with Crippen LogP contribution < -0.4 is 19.1 Å². The first-order chi connectivity index (χ1) is 16.0. The number of rotatable bonds is 9. The van der Waals surface area contributed by atoms with Crippen molar-refractivity contribution in [1.82, 2.24) is 10.2 Å². The second kappa shape index (κ2) is 10.7. The number of ether oxygens (including phenoxy) is 2. The van der Waals surface area contributed by atoms with Gasteiger partial charge in [-0.25, -0.2) is 8.42 Å². The Balaban J connectivity index is 1.92. The number of sulfonamides is 1. The summed E-state index contributed by atoms with van der Waals surface area (Å²) in [5.41, 5.74) is 0.869. The van der Waals surface area contributed by atoms with E-state index in [-0.39, 0.29) is 24.9 Å². The first-order valence-electron chi connectivity index (χ1n) is 10.4. The summed E-state index contributed by atoms with van der Waals surface area (Å²) in [6.45, 7) is 3.24. The van der Waals surface area contributed by atoms with Crippen molar-refractivity contribution in [2.24, 2.45) is 0 Å². The minimum absolute atomic E-state index is 0.0206. The number of anilines is 1. The van der Waals surface area contributed by atoms with E-state index in [1.54, 1.807) is 38.1 Å². The van der Waals surface area contributed by atoms with E-state index >= 15 is 0 Å². The second-order valence-corrected chi connectivity index (χ2v) is 10.4. The van der Waals surface area contributed by atoms with Gasteiger partial charge in [-0.05, 0) is 43.7 Å².